The van der Waals surface area contributed by atoms with Gasteiger partial charge in [0.2, 0.25) is 12.2 Å². The van der Waals surface area contributed by atoms with Gasteiger partial charge in [-0.2, -0.15) is 4.57 Å². The first-order chi connectivity index (χ1) is 17.3. The van der Waals surface area contributed by atoms with Crippen LogP contribution in [0.5, 0.6) is 0 Å². The van der Waals surface area contributed by atoms with Gasteiger partial charge in [-0.15, -0.1) is 0 Å². The van der Waals surface area contributed by atoms with Crippen LogP contribution in [0.25, 0.3) is 10.9 Å². The van der Waals surface area contributed by atoms with Crippen LogP contribution in [0.15, 0.2) is 128 Å². The van der Waals surface area contributed by atoms with Crippen molar-refractivity contribution < 1.29 is 4.57 Å². The molecule has 0 aliphatic carbocycles. The molecule has 0 amide bonds. The predicted molar refractivity (Wildman–Crippen MR) is 152 cm³/mol. The Bertz CT molecular complexity index is 1270. The maximum absolute atomic E-state index is 2.30. The average molecular weight is 456 g/mol. The van der Waals surface area contributed by atoms with Crippen LogP contribution in [0, 0.1) is 0 Å². The first kappa shape index (κ1) is 24.5. The molecule has 1 heterocycles. The van der Waals surface area contributed by atoms with Crippen LogP contribution in [0.1, 0.15) is 32.3 Å². The van der Waals surface area contributed by atoms with Gasteiger partial charge in [-0.25, -0.2) is 0 Å². The van der Waals surface area contributed by atoms with E-state index in [1.54, 1.807) is 0 Å². The molecular weight excluding hydrogens is 421 g/mol. The number of unbranched alkanes of at least 4 members (excludes halogenated alkanes) is 1. The Kier molecular flexibility index (Phi) is 8.89. The monoisotopic (exact) mass is 456 g/mol. The molecule has 0 bridgehead atoms. The Balaban J connectivity index is 0.000000201. The summed E-state index contributed by atoms with van der Waals surface area (Å²) in [6.07, 6.45) is 5.74. The number of benzene rings is 4. The summed E-state index contributed by atoms with van der Waals surface area (Å²) in [5.74, 6) is 0. The number of fused-ring (bicyclic) bond motifs is 1. The summed E-state index contributed by atoms with van der Waals surface area (Å²) in [5, 5.41) is 1.31. The molecule has 0 spiro atoms. The molecule has 0 atom stereocenters. The Hall–Kier alpha value is -3.65. The molecule has 35 heavy (non-hydrogen) atoms. The molecule has 0 saturated heterocycles. The molecule has 0 fully saturated rings. The smallest absolute Gasteiger partial charge is 0.199 e. The topological polar surface area (TPSA) is 3.88 Å². The molecule has 1 nitrogen and oxygen atoms in total. The van der Waals surface area contributed by atoms with Crippen LogP contribution in [0.3, 0.4) is 0 Å². The van der Waals surface area contributed by atoms with E-state index >= 15 is 0 Å². The first-order valence-electron chi connectivity index (χ1n) is 12.9. The van der Waals surface area contributed by atoms with E-state index in [1.807, 2.05) is 0 Å². The second kappa shape index (κ2) is 12.7. The van der Waals surface area contributed by atoms with Gasteiger partial charge < -0.3 is 0 Å². The van der Waals surface area contributed by atoms with Crippen molar-refractivity contribution in [2.24, 2.45) is 0 Å². The minimum Gasteiger partial charge on any atom is -0.199 e. The van der Waals surface area contributed by atoms with E-state index in [2.05, 4.69) is 146 Å². The van der Waals surface area contributed by atoms with Gasteiger partial charge >= 0.3 is 0 Å². The Morgan fingerprint density at radius 3 is 1.83 bits per heavy atom. The standard InChI is InChI=1S/C22H23B.C11H12N/c1-2-3-12-19-13-10-11-18-22(19)23(20-14-6-4-7-15-20)21-16-8-5-9-17-21;1-2-12-9-5-7-10-6-3-4-8-11(10)12/h4-11,13-18H,2-3,12H2,1H3;3-9H,2H2,1H3/q;+1. The van der Waals surface area contributed by atoms with Crippen LogP contribution in [0.4, 0.5) is 0 Å². The lowest BCUT2D eigenvalue weighted by atomic mass is 9.36. The Morgan fingerprint density at radius 1 is 0.600 bits per heavy atom. The van der Waals surface area contributed by atoms with Crippen LogP contribution in [-0.4, -0.2) is 6.71 Å². The number of rotatable bonds is 7. The summed E-state index contributed by atoms with van der Waals surface area (Å²) in [4.78, 5) is 0. The van der Waals surface area contributed by atoms with Crippen molar-refractivity contribution in [2.75, 3.05) is 0 Å². The van der Waals surface area contributed by atoms with Crippen LogP contribution < -0.4 is 21.0 Å². The summed E-state index contributed by atoms with van der Waals surface area (Å²) >= 11 is 0. The molecule has 0 N–H and O–H groups in total. The van der Waals surface area contributed by atoms with Gasteiger partial charge in [0.15, 0.2) is 6.20 Å². The second-order valence-corrected chi connectivity index (χ2v) is 8.91. The van der Waals surface area contributed by atoms with E-state index in [-0.39, 0.29) is 0 Å². The Morgan fingerprint density at radius 2 is 1.17 bits per heavy atom. The van der Waals surface area contributed by atoms with E-state index < -0.39 is 0 Å². The summed E-state index contributed by atoms with van der Waals surface area (Å²) in [6, 6.07) is 43.3. The fourth-order valence-electron chi connectivity index (χ4n) is 4.75. The zero-order valence-electron chi connectivity index (χ0n) is 21.0. The van der Waals surface area contributed by atoms with Crippen LogP contribution >= 0.6 is 0 Å². The maximum Gasteiger partial charge on any atom is 0.241 e. The van der Waals surface area contributed by atoms with Crippen molar-refractivity contribution in [1.29, 1.82) is 0 Å². The molecule has 0 aliphatic rings. The number of aromatic nitrogens is 1. The molecule has 1 aromatic heterocycles. The van der Waals surface area contributed by atoms with Gasteiger partial charge in [0.1, 0.15) is 6.54 Å². The summed E-state index contributed by atoms with van der Waals surface area (Å²) in [7, 11) is 0. The molecule has 0 aliphatic heterocycles. The summed E-state index contributed by atoms with van der Waals surface area (Å²) in [5.41, 5.74) is 6.96. The molecule has 4 aromatic carbocycles. The maximum atomic E-state index is 2.30. The first-order valence-corrected chi connectivity index (χ1v) is 12.9. The molecular formula is C33H35BN+. The minimum atomic E-state index is 0.311. The number of pyridine rings is 1. The van der Waals surface area contributed by atoms with Gasteiger partial charge in [-0.05, 0) is 31.9 Å². The third-order valence-corrected chi connectivity index (χ3v) is 6.56. The largest absolute Gasteiger partial charge is 0.241 e. The van der Waals surface area contributed by atoms with E-state index in [9.17, 15) is 0 Å². The van der Waals surface area contributed by atoms with E-state index in [4.69, 9.17) is 0 Å². The van der Waals surface area contributed by atoms with Crippen molar-refractivity contribution in [3.05, 3.63) is 133 Å². The highest BCUT2D eigenvalue weighted by Crippen LogP contribution is 2.08. The van der Waals surface area contributed by atoms with Crippen molar-refractivity contribution in [2.45, 2.75) is 39.7 Å². The van der Waals surface area contributed by atoms with E-state index in [0.717, 1.165) is 13.0 Å². The van der Waals surface area contributed by atoms with Gasteiger partial charge in [0, 0.05) is 17.5 Å². The van der Waals surface area contributed by atoms with Gasteiger partial charge in [-0.3, -0.25) is 0 Å². The molecule has 5 aromatic rings. The lowest BCUT2D eigenvalue weighted by Gasteiger charge is -2.19. The lowest BCUT2D eigenvalue weighted by molar-refractivity contribution is -0.667. The average Bonchev–Trinajstić information content (AvgIpc) is 2.94. The van der Waals surface area contributed by atoms with Crippen molar-refractivity contribution in [3.63, 3.8) is 0 Å². The van der Waals surface area contributed by atoms with Crippen molar-refractivity contribution in [3.8, 4) is 0 Å². The normalized spacial score (nSPS) is 10.5. The quantitative estimate of drug-likeness (QED) is 0.219. The van der Waals surface area contributed by atoms with Gasteiger partial charge in [-0.1, -0.05) is 132 Å². The third kappa shape index (κ3) is 6.28. The molecule has 5 rings (SSSR count). The molecule has 0 saturated carbocycles. The number of para-hydroxylation sites is 1. The second-order valence-electron chi connectivity index (χ2n) is 8.91. The highest BCUT2D eigenvalue weighted by atomic mass is 14.9. The highest BCUT2D eigenvalue weighted by Gasteiger charge is 2.23. The number of nitrogens with zero attached hydrogens (tertiary/aromatic N) is 1. The SMILES string of the molecule is CCCCc1ccccc1B(c1ccccc1)c1ccccc1.CC[n+]1cccc2ccccc21. The Labute approximate surface area is 211 Å². The zero-order valence-corrected chi connectivity index (χ0v) is 21.0. The fourth-order valence-corrected chi connectivity index (χ4v) is 4.75. The van der Waals surface area contributed by atoms with Crippen molar-refractivity contribution in [1.82, 2.24) is 0 Å². The lowest BCUT2D eigenvalue weighted by Crippen LogP contribution is -2.53. The third-order valence-electron chi connectivity index (χ3n) is 6.56. The fraction of sp³-hybridized carbons (Fsp3) is 0.182. The number of aryl methyl sites for hydroxylation is 2. The minimum absolute atomic E-state index is 0.311. The number of hydrogen-bond acceptors (Lipinski definition) is 0. The molecule has 0 radical (unpaired) electrons. The summed E-state index contributed by atoms with van der Waals surface area (Å²) < 4.78 is 2.25. The van der Waals surface area contributed by atoms with Crippen LogP contribution in [0.2, 0.25) is 0 Å². The highest BCUT2D eigenvalue weighted by molar-refractivity contribution is 6.95. The molecule has 174 valence electrons. The van der Waals surface area contributed by atoms with Gasteiger partial charge in [0.25, 0.3) is 0 Å². The van der Waals surface area contributed by atoms with E-state index in [1.165, 1.54) is 45.7 Å². The predicted octanol–water partition coefficient (Wildman–Crippen LogP) is 5.69. The van der Waals surface area contributed by atoms with Gasteiger partial charge in [0.05, 0.1) is 0 Å². The van der Waals surface area contributed by atoms with E-state index in [0.29, 0.717) is 6.71 Å². The summed E-state index contributed by atoms with van der Waals surface area (Å²) in [6.45, 7) is 5.76. The molecule has 0 unspecified atom stereocenters. The van der Waals surface area contributed by atoms with Crippen LogP contribution in [-0.2, 0) is 13.0 Å². The molecule has 2 heteroatoms. The zero-order chi connectivity index (χ0) is 24.3. The van der Waals surface area contributed by atoms with Crippen molar-refractivity contribution >= 4 is 34.0 Å². The number of hydrogen-bond donors (Lipinski definition) is 0.